The van der Waals surface area contributed by atoms with Crippen LogP contribution in [0.5, 0.6) is 5.75 Å². The number of carbonyl (C=O) groups is 1. The molecule has 0 aliphatic carbocycles. The fourth-order valence-electron chi connectivity index (χ4n) is 1.94. The average Bonchev–Trinajstić information content (AvgIpc) is 2.54. The van der Waals surface area contributed by atoms with Gasteiger partial charge in [-0.25, -0.2) is 0 Å². The van der Waals surface area contributed by atoms with Crippen LogP contribution in [-0.4, -0.2) is 28.8 Å². The van der Waals surface area contributed by atoms with Gasteiger partial charge in [-0.15, -0.1) is 10.2 Å². The summed E-state index contributed by atoms with van der Waals surface area (Å²) in [6.45, 7) is 8.96. The number of ether oxygens (including phenoxy) is 1. The van der Waals surface area contributed by atoms with E-state index in [1.807, 2.05) is 26.0 Å². The van der Waals surface area contributed by atoms with Crippen LogP contribution in [0.15, 0.2) is 36.4 Å². The van der Waals surface area contributed by atoms with Gasteiger partial charge in [0.1, 0.15) is 11.6 Å². The van der Waals surface area contributed by atoms with Crippen molar-refractivity contribution < 1.29 is 9.53 Å². The molecule has 0 spiro atoms. The SMILES string of the molecule is CC(C)CNc1ccc(C(=O)Nc2ccc(OC(C)C)cc2)nn1. The molecule has 0 unspecified atom stereocenters. The molecule has 1 heterocycles. The molecule has 0 saturated heterocycles. The van der Waals surface area contributed by atoms with Gasteiger partial charge in [0.2, 0.25) is 0 Å². The molecule has 0 aliphatic heterocycles. The van der Waals surface area contributed by atoms with Crippen molar-refractivity contribution in [1.29, 1.82) is 0 Å². The second-order valence-electron chi connectivity index (χ2n) is 6.22. The number of amides is 1. The minimum atomic E-state index is -0.296. The molecular weight excluding hydrogens is 304 g/mol. The van der Waals surface area contributed by atoms with E-state index in [0.717, 1.165) is 12.3 Å². The molecule has 24 heavy (non-hydrogen) atoms. The molecule has 128 valence electrons. The molecule has 0 radical (unpaired) electrons. The number of carbonyl (C=O) groups excluding carboxylic acids is 1. The quantitative estimate of drug-likeness (QED) is 0.812. The number of anilines is 2. The first-order valence-corrected chi connectivity index (χ1v) is 8.09. The second kappa shape index (κ2) is 8.29. The van der Waals surface area contributed by atoms with E-state index in [1.54, 1.807) is 24.3 Å². The molecule has 0 bridgehead atoms. The van der Waals surface area contributed by atoms with Crippen molar-refractivity contribution in [3.05, 3.63) is 42.1 Å². The van der Waals surface area contributed by atoms with Crippen LogP contribution >= 0.6 is 0 Å². The van der Waals surface area contributed by atoms with Crippen molar-refractivity contribution in [2.45, 2.75) is 33.8 Å². The summed E-state index contributed by atoms with van der Waals surface area (Å²) in [5.74, 6) is 1.65. The number of hydrogen-bond donors (Lipinski definition) is 2. The lowest BCUT2D eigenvalue weighted by Crippen LogP contribution is -2.15. The standard InChI is InChI=1S/C18H24N4O2/c1-12(2)11-19-17-10-9-16(21-22-17)18(23)20-14-5-7-15(8-6-14)24-13(3)4/h5-10,12-13H,11H2,1-4H3,(H,19,22)(H,20,23). The van der Waals surface area contributed by atoms with Gasteiger partial charge in [-0.1, -0.05) is 13.8 Å². The van der Waals surface area contributed by atoms with Gasteiger partial charge in [-0.05, 0) is 56.2 Å². The van der Waals surface area contributed by atoms with Crippen LogP contribution in [0.1, 0.15) is 38.2 Å². The maximum absolute atomic E-state index is 12.2. The number of benzene rings is 1. The molecular formula is C18H24N4O2. The lowest BCUT2D eigenvalue weighted by molar-refractivity contribution is 0.102. The van der Waals surface area contributed by atoms with Crippen molar-refractivity contribution in [2.75, 3.05) is 17.2 Å². The first-order chi connectivity index (χ1) is 11.4. The molecule has 1 amide bonds. The fraction of sp³-hybridized carbons (Fsp3) is 0.389. The summed E-state index contributed by atoms with van der Waals surface area (Å²) in [6, 6.07) is 10.6. The van der Waals surface area contributed by atoms with Crippen LogP contribution in [-0.2, 0) is 0 Å². The van der Waals surface area contributed by atoms with Crippen LogP contribution in [0.25, 0.3) is 0 Å². The third-order valence-electron chi connectivity index (χ3n) is 3.07. The summed E-state index contributed by atoms with van der Waals surface area (Å²) < 4.78 is 5.57. The predicted molar refractivity (Wildman–Crippen MR) is 95.5 cm³/mol. The summed E-state index contributed by atoms with van der Waals surface area (Å²) in [4.78, 5) is 12.2. The van der Waals surface area contributed by atoms with Crippen molar-refractivity contribution in [1.82, 2.24) is 10.2 Å². The maximum Gasteiger partial charge on any atom is 0.276 e. The summed E-state index contributed by atoms with van der Waals surface area (Å²) in [5, 5.41) is 13.9. The van der Waals surface area contributed by atoms with E-state index in [1.165, 1.54) is 0 Å². The lowest BCUT2D eigenvalue weighted by Gasteiger charge is -2.10. The largest absolute Gasteiger partial charge is 0.491 e. The van der Waals surface area contributed by atoms with E-state index in [2.05, 4.69) is 34.7 Å². The van der Waals surface area contributed by atoms with Crippen LogP contribution in [0.3, 0.4) is 0 Å². The summed E-state index contributed by atoms with van der Waals surface area (Å²) in [7, 11) is 0. The van der Waals surface area contributed by atoms with E-state index in [0.29, 0.717) is 17.4 Å². The molecule has 2 rings (SSSR count). The third-order valence-corrected chi connectivity index (χ3v) is 3.07. The van der Waals surface area contributed by atoms with Gasteiger partial charge in [-0.2, -0.15) is 0 Å². The van der Waals surface area contributed by atoms with E-state index in [-0.39, 0.29) is 17.7 Å². The van der Waals surface area contributed by atoms with Gasteiger partial charge in [0.25, 0.3) is 5.91 Å². The summed E-state index contributed by atoms with van der Waals surface area (Å²) in [6.07, 6.45) is 0.114. The Labute approximate surface area is 142 Å². The highest BCUT2D eigenvalue weighted by atomic mass is 16.5. The lowest BCUT2D eigenvalue weighted by atomic mass is 10.2. The van der Waals surface area contributed by atoms with Gasteiger partial charge >= 0.3 is 0 Å². The molecule has 1 aromatic carbocycles. The number of rotatable bonds is 7. The Bertz CT molecular complexity index is 652. The van der Waals surface area contributed by atoms with Crippen LogP contribution in [0.2, 0.25) is 0 Å². The minimum absolute atomic E-state index is 0.114. The molecule has 6 heteroatoms. The molecule has 2 N–H and O–H groups in total. The Morgan fingerprint density at radius 1 is 1.04 bits per heavy atom. The smallest absolute Gasteiger partial charge is 0.276 e. The predicted octanol–water partition coefficient (Wildman–Crippen LogP) is 3.58. The van der Waals surface area contributed by atoms with Crippen molar-refractivity contribution in [3.63, 3.8) is 0 Å². The van der Waals surface area contributed by atoms with E-state index in [9.17, 15) is 4.79 Å². The van der Waals surface area contributed by atoms with Gasteiger partial charge < -0.3 is 15.4 Å². The van der Waals surface area contributed by atoms with E-state index in [4.69, 9.17) is 4.74 Å². The highest BCUT2D eigenvalue weighted by Gasteiger charge is 2.09. The highest BCUT2D eigenvalue weighted by molar-refractivity contribution is 6.02. The zero-order valence-electron chi connectivity index (χ0n) is 14.5. The normalized spacial score (nSPS) is 10.8. The molecule has 0 aliphatic rings. The van der Waals surface area contributed by atoms with E-state index < -0.39 is 0 Å². The minimum Gasteiger partial charge on any atom is -0.491 e. The van der Waals surface area contributed by atoms with Crippen molar-refractivity contribution in [3.8, 4) is 5.75 Å². The topological polar surface area (TPSA) is 76.1 Å². The average molecular weight is 328 g/mol. The monoisotopic (exact) mass is 328 g/mol. The Kier molecular flexibility index (Phi) is 6.12. The van der Waals surface area contributed by atoms with Gasteiger partial charge in [0.05, 0.1) is 6.10 Å². The zero-order valence-corrected chi connectivity index (χ0v) is 14.5. The number of hydrogen-bond acceptors (Lipinski definition) is 5. The Morgan fingerprint density at radius 2 is 1.75 bits per heavy atom. The molecule has 0 saturated carbocycles. The van der Waals surface area contributed by atoms with Gasteiger partial charge in [0.15, 0.2) is 5.69 Å². The zero-order chi connectivity index (χ0) is 17.5. The summed E-state index contributed by atoms with van der Waals surface area (Å²) >= 11 is 0. The van der Waals surface area contributed by atoms with Crippen LogP contribution < -0.4 is 15.4 Å². The van der Waals surface area contributed by atoms with Gasteiger partial charge in [-0.3, -0.25) is 4.79 Å². The van der Waals surface area contributed by atoms with Crippen LogP contribution in [0.4, 0.5) is 11.5 Å². The molecule has 0 fully saturated rings. The second-order valence-corrected chi connectivity index (χ2v) is 6.22. The molecule has 0 atom stereocenters. The molecule has 6 nitrogen and oxygen atoms in total. The fourth-order valence-corrected chi connectivity index (χ4v) is 1.94. The van der Waals surface area contributed by atoms with Crippen molar-refractivity contribution in [2.24, 2.45) is 5.92 Å². The highest BCUT2D eigenvalue weighted by Crippen LogP contribution is 2.17. The number of nitrogens with zero attached hydrogens (tertiary/aromatic N) is 2. The molecule has 2 aromatic rings. The van der Waals surface area contributed by atoms with Crippen LogP contribution in [0, 0.1) is 5.92 Å². The number of aromatic nitrogens is 2. The number of nitrogens with one attached hydrogen (secondary N) is 2. The Hall–Kier alpha value is -2.63. The Balaban J connectivity index is 1.94. The summed E-state index contributed by atoms with van der Waals surface area (Å²) in [5.41, 5.74) is 0.951. The van der Waals surface area contributed by atoms with Gasteiger partial charge in [0, 0.05) is 12.2 Å². The first kappa shape index (κ1) is 17.7. The van der Waals surface area contributed by atoms with E-state index >= 15 is 0 Å². The third kappa shape index (κ3) is 5.53. The molecule has 1 aromatic heterocycles. The maximum atomic E-state index is 12.2. The van der Waals surface area contributed by atoms with Crippen molar-refractivity contribution >= 4 is 17.4 Å². The Morgan fingerprint density at radius 3 is 2.29 bits per heavy atom. The first-order valence-electron chi connectivity index (χ1n) is 8.09.